The number of allylic oxidation sites excluding steroid dienone is 2. The molecule has 0 amide bonds. The first-order valence-electron chi connectivity index (χ1n) is 14.2. The third-order valence-corrected chi connectivity index (χ3v) is 13.1. The fraction of sp³-hybridized carbons (Fsp3) is 0.839. The molecular formula is C31H47NO4. The molecule has 5 heteroatoms. The monoisotopic (exact) mass is 497 g/mol. The third-order valence-electron chi connectivity index (χ3n) is 13.1. The first-order chi connectivity index (χ1) is 16.6. The summed E-state index contributed by atoms with van der Waals surface area (Å²) in [5.41, 5.74) is 1.40. The molecule has 36 heavy (non-hydrogen) atoms. The van der Waals surface area contributed by atoms with Crippen LogP contribution in [0.3, 0.4) is 0 Å². The number of carboxylic acid groups (broad SMARTS) is 1. The number of ketones is 1. The molecular weight excluding hydrogens is 450 g/mol. The van der Waals surface area contributed by atoms with Gasteiger partial charge in [-0.15, -0.1) is 0 Å². The summed E-state index contributed by atoms with van der Waals surface area (Å²) in [6.07, 6.45) is 10.5. The summed E-state index contributed by atoms with van der Waals surface area (Å²) in [6.45, 7) is 16.1. The minimum absolute atomic E-state index is 0.0142. The molecule has 0 aromatic heterocycles. The summed E-state index contributed by atoms with van der Waals surface area (Å²) in [6, 6.07) is 0. The largest absolute Gasteiger partial charge is 0.481 e. The average molecular weight is 498 g/mol. The second-order valence-corrected chi connectivity index (χ2v) is 15.0. The van der Waals surface area contributed by atoms with E-state index < -0.39 is 11.4 Å². The van der Waals surface area contributed by atoms with Crippen molar-refractivity contribution in [3.8, 4) is 0 Å². The highest BCUT2D eigenvalue weighted by atomic mass is 16.6. The lowest BCUT2D eigenvalue weighted by atomic mass is 9.33. The van der Waals surface area contributed by atoms with Gasteiger partial charge in [0.15, 0.2) is 5.78 Å². The second-order valence-electron chi connectivity index (χ2n) is 15.0. The zero-order chi connectivity index (χ0) is 26.5. The fourth-order valence-corrected chi connectivity index (χ4v) is 10.5. The molecule has 0 heterocycles. The maximum atomic E-state index is 14.3. The van der Waals surface area contributed by atoms with E-state index in [2.05, 4.69) is 46.7 Å². The van der Waals surface area contributed by atoms with E-state index in [0.717, 1.165) is 57.1 Å². The van der Waals surface area contributed by atoms with Gasteiger partial charge in [0.2, 0.25) is 0 Å². The summed E-state index contributed by atoms with van der Waals surface area (Å²) < 4.78 is 0. The van der Waals surface area contributed by atoms with Gasteiger partial charge in [-0.25, -0.2) is 0 Å². The second kappa shape index (κ2) is 7.69. The molecule has 0 aromatic carbocycles. The smallest absolute Gasteiger partial charge is 0.309 e. The Morgan fingerprint density at radius 2 is 1.67 bits per heavy atom. The normalized spacial score (nSPS) is 50.8. The van der Waals surface area contributed by atoms with Crippen molar-refractivity contribution in [2.45, 2.75) is 106 Å². The van der Waals surface area contributed by atoms with Gasteiger partial charge in [0.1, 0.15) is 7.11 Å². The van der Waals surface area contributed by atoms with Crippen molar-refractivity contribution in [2.75, 3.05) is 7.11 Å². The molecule has 0 spiro atoms. The van der Waals surface area contributed by atoms with Crippen LogP contribution in [0.4, 0.5) is 0 Å². The van der Waals surface area contributed by atoms with Crippen LogP contribution in [-0.4, -0.2) is 29.7 Å². The standard InChI is InChI=1S/C31H47NO4/c1-26(2)22-9-12-31(7)24(29(22,5)11-10-23(26)32-36-8)21(33)17-19-20-18-28(4,25(34)35)14-13-27(20,3)15-16-30(19,31)6/h17,20,22,24H,9-16,18H2,1-8H3,(H,34,35)/b32-23+/t20-,22-,24?,27+,28+,29-,30+,31+/m0/s1. The SMILES string of the molecule is CO/N=C1\CC[C@]2(C)C3C(=O)C=C4[C@@H]5C[C@](C)(C(=O)O)CC[C@]5(C)CC[C@@]4(C)[C@]3(C)CC[C@H]2C1(C)C. The summed E-state index contributed by atoms with van der Waals surface area (Å²) in [7, 11) is 1.63. The molecule has 0 aromatic rings. The molecule has 0 aliphatic heterocycles. The van der Waals surface area contributed by atoms with Crippen LogP contribution in [0.1, 0.15) is 106 Å². The number of hydrogen-bond donors (Lipinski definition) is 1. The molecule has 5 aliphatic rings. The Hall–Kier alpha value is -1.65. The Labute approximate surface area is 217 Å². The van der Waals surface area contributed by atoms with Gasteiger partial charge in [0.25, 0.3) is 0 Å². The highest BCUT2D eigenvalue weighted by Gasteiger charge is 2.70. The Morgan fingerprint density at radius 3 is 2.31 bits per heavy atom. The number of hydrogen-bond acceptors (Lipinski definition) is 4. The van der Waals surface area contributed by atoms with Crippen molar-refractivity contribution in [3.63, 3.8) is 0 Å². The lowest BCUT2D eigenvalue weighted by Gasteiger charge is -2.70. The van der Waals surface area contributed by atoms with Crippen molar-refractivity contribution in [2.24, 2.45) is 55.4 Å². The molecule has 0 saturated heterocycles. The van der Waals surface area contributed by atoms with Crippen molar-refractivity contribution in [1.29, 1.82) is 0 Å². The highest BCUT2D eigenvalue weighted by molar-refractivity contribution is 5.97. The molecule has 1 N–H and O–H groups in total. The van der Waals surface area contributed by atoms with E-state index in [9.17, 15) is 14.7 Å². The quantitative estimate of drug-likeness (QED) is 0.415. The number of oxime groups is 1. The Morgan fingerprint density at radius 1 is 1.00 bits per heavy atom. The lowest BCUT2D eigenvalue weighted by Crippen LogP contribution is -2.66. The number of rotatable bonds is 2. The van der Waals surface area contributed by atoms with Gasteiger partial charge in [0.05, 0.1) is 11.1 Å². The predicted molar refractivity (Wildman–Crippen MR) is 142 cm³/mol. The molecule has 5 rings (SSSR count). The minimum Gasteiger partial charge on any atom is -0.481 e. The van der Waals surface area contributed by atoms with Crippen LogP contribution in [0.15, 0.2) is 16.8 Å². The van der Waals surface area contributed by atoms with Crippen molar-refractivity contribution in [1.82, 2.24) is 0 Å². The molecule has 1 unspecified atom stereocenters. The van der Waals surface area contributed by atoms with Crippen LogP contribution >= 0.6 is 0 Å². The molecule has 4 fully saturated rings. The summed E-state index contributed by atoms with van der Waals surface area (Å²) >= 11 is 0. The van der Waals surface area contributed by atoms with Gasteiger partial charge in [0, 0.05) is 11.3 Å². The molecule has 4 saturated carbocycles. The first-order valence-corrected chi connectivity index (χ1v) is 14.2. The zero-order valence-corrected chi connectivity index (χ0v) is 23.8. The van der Waals surface area contributed by atoms with E-state index in [1.54, 1.807) is 7.11 Å². The summed E-state index contributed by atoms with van der Waals surface area (Å²) in [5.74, 6) is 0.148. The molecule has 0 radical (unpaired) electrons. The average Bonchev–Trinajstić information content (AvgIpc) is 2.78. The van der Waals surface area contributed by atoms with Gasteiger partial charge in [-0.1, -0.05) is 52.3 Å². The maximum Gasteiger partial charge on any atom is 0.309 e. The van der Waals surface area contributed by atoms with Crippen LogP contribution in [0.25, 0.3) is 0 Å². The Bertz CT molecular complexity index is 1060. The van der Waals surface area contributed by atoms with Gasteiger partial charge < -0.3 is 9.94 Å². The van der Waals surface area contributed by atoms with E-state index >= 15 is 0 Å². The van der Waals surface area contributed by atoms with E-state index in [0.29, 0.717) is 18.1 Å². The Balaban J connectivity index is 1.61. The predicted octanol–water partition coefficient (Wildman–Crippen LogP) is 7.05. The van der Waals surface area contributed by atoms with Gasteiger partial charge in [-0.05, 0) is 104 Å². The summed E-state index contributed by atoms with van der Waals surface area (Å²) in [4.78, 5) is 31.8. The van der Waals surface area contributed by atoms with Crippen molar-refractivity contribution in [3.05, 3.63) is 11.6 Å². The van der Waals surface area contributed by atoms with Crippen LogP contribution in [-0.2, 0) is 14.4 Å². The number of carbonyl (C=O) groups excluding carboxylic acids is 1. The van der Waals surface area contributed by atoms with Crippen molar-refractivity contribution >= 4 is 17.5 Å². The third kappa shape index (κ3) is 3.10. The van der Waals surface area contributed by atoms with E-state index in [-0.39, 0.29) is 38.9 Å². The highest BCUT2D eigenvalue weighted by Crippen LogP contribution is 2.74. The van der Waals surface area contributed by atoms with Gasteiger partial charge in [-0.2, -0.15) is 0 Å². The number of carboxylic acids is 1. The van der Waals surface area contributed by atoms with Gasteiger partial charge >= 0.3 is 5.97 Å². The topological polar surface area (TPSA) is 76.0 Å². The minimum atomic E-state index is -0.710. The number of aliphatic carboxylic acids is 1. The van der Waals surface area contributed by atoms with E-state index in [1.807, 2.05) is 13.0 Å². The van der Waals surface area contributed by atoms with Crippen molar-refractivity contribution < 1.29 is 19.5 Å². The fourth-order valence-electron chi connectivity index (χ4n) is 10.5. The molecule has 5 nitrogen and oxygen atoms in total. The van der Waals surface area contributed by atoms with Crippen LogP contribution in [0.2, 0.25) is 0 Å². The van der Waals surface area contributed by atoms with E-state index in [1.165, 1.54) is 5.57 Å². The maximum absolute atomic E-state index is 14.3. The zero-order valence-electron chi connectivity index (χ0n) is 23.8. The van der Waals surface area contributed by atoms with Crippen LogP contribution in [0.5, 0.6) is 0 Å². The molecule has 8 atom stereocenters. The lowest BCUT2D eigenvalue weighted by molar-refractivity contribution is -0.176. The number of nitrogens with zero attached hydrogens (tertiary/aromatic N) is 1. The summed E-state index contributed by atoms with van der Waals surface area (Å²) in [5, 5.41) is 14.5. The molecule has 5 aliphatic carbocycles. The van der Waals surface area contributed by atoms with Crippen LogP contribution in [0, 0.1) is 50.2 Å². The first kappa shape index (κ1) is 26.0. The van der Waals surface area contributed by atoms with Crippen LogP contribution < -0.4 is 0 Å². The molecule has 0 bridgehead atoms. The van der Waals surface area contributed by atoms with E-state index in [4.69, 9.17) is 4.84 Å². The number of fused-ring (bicyclic) bond motifs is 7. The Kier molecular flexibility index (Phi) is 5.55. The van der Waals surface area contributed by atoms with Gasteiger partial charge in [-0.3, -0.25) is 9.59 Å². The molecule has 200 valence electrons. The number of carbonyl (C=O) groups is 2.